The predicted octanol–water partition coefficient (Wildman–Crippen LogP) is 2.07. The molecule has 0 aliphatic heterocycles. The Bertz CT molecular complexity index is 346. The highest BCUT2D eigenvalue weighted by atomic mass is 19.4. The van der Waals surface area contributed by atoms with E-state index in [-0.39, 0.29) is 12.5 Å². The van der Waals surface area contributed by atoms with Gasteiger partial charge in [-0.05, 0) is 20.3 Å². The highest BCUT2D eigenvalue weighted by Crippen LogP contribution is 2.22. The number of halogens is 3. The van der Waals surface area contributed by atoms with Gasteiger partial charge in [-0.3, -0.25) is 0 Å². The zero-order chi connectivity index (χ0) is 13.1. The first-order chi connectivity index (χ1) is 7.79. The molecule has 1 atom stereocenters. The lowest BCUT2D eigenvalue weighted by molar-refractivity contribution is -0.136. The summed E-state index contributed by atoms with van der Waals surface area (Å²) >= 11 is 0. The van der Waals surface area contributed by atoms with E-state index in [1.54, 1.807) is 4.68 Å². The van der Waals surface area contributed by atoms with Crippen LogP contribution in [0.5, 0.6) is 0 Å². The molecule has 1 aromatic rings. The predicted molar refractivity (Wildman–Crippen MR) is 57.4 cm³/mol. The van der Waals surface area contributed by atoms with Crippen molar-refractivity contribution in [2.45, 2.75) is 51.4 Å². The molecule has 0 fully saturated rings. The van der Waals surface area contributed by atoms with Crippen molar-refractivity contribution in [1.29, 1.82) is 0 Å². The molecular formula is C10H17F3N4. The van der Waals surface area contributed by atoms with Gasteiger partial charge in [-0.15, -0.1) is 0 Å². The summed E-state index contributed by atoms with van der Waals surface area (Å²) in [4.78, 5) is 4.01. The van der Waals surface area contributed by atoms with Crippen molar-refractivity contribution in [2.75, 3.05) is 0 Å². The van der Waals surface area contributed by atoms with Crippen LogP contribution in [0, 0.1) is 0 Å². The summed E-state index contributed by atoms with van der Waals surface area (Å²) < 4.78 is 37.7. The van der Waals surface area contributed by atoms with Crippen LogP contribution < -0.4 is 5.73 Å². The summed E-state index contributed by atoms with van der Waals surface area (Å²) in [6.45, 7) is 3.86. The van der Waals surface area contributed by atoms with Gasteiger partial charge in [0.1, 0.15) is 12.2 Å². The molecule has 0 spiro atoms. The topological polar surface area (TPSA) is 56.7 Å². The average Bonchev–Trinajstić information content (AvgIpc) is 2.62. The van der Waals surface area contributed by atoms with Gasteiger partial charge >= 0.3 is 6.18 Å². The first kappa shape index (κ1) is 14.0. The quantitative estimate of drug-likeness (QED) is 0.870. The van der Waals surface area contributed by atoms with E-state index in [1.165, 1.54) is 6.33 Å². The third kappa shape index (κ3) is 4.72. The van der Waals surface area contributed by atoms with Crippen molar-refractivity contribution in [1.82, 2.24) is 14.8 Å². The zero-order valence-electron chi connectivity index (χ0n) is 9.91. The molecule has 17 heavy (non-hydrogen) atoms. The van der Waals surface area contributed by atoms with Crippen molar-refractivity contribution < 1.29 is 13.2 Å². The molecule has 0 bridgehead atoms. The molecule has 1 aromatic heterocycles. The molecule has 0 radical (unpaired) electrons. The maximum absolute atomic E-state index is 12.0. The summed E-state index contributed by atoms with van der Waals surface area (Å²) in [5, 5.41) is 4.01. The number of hydrogen-bond donors (Lipinski definition) is 1. The lowest BCUT2D eigenvalue weighted by atomic mass is 10.1. The van der Waals surface area contributed by atoms with Crippen LogP contribution in [0.3, 0.4) is 0 Å². The summed E-state index contributed by atoms with van der Waals surface area (Å²) in [6, 6.07) is -0.416. The van der Waals surface area contributed by atoms with Gasteiger partial charge in [-0.1, -0.05) is 0 Å². The van der Waals surface area contributed by atoms with E-state index in [4.69, 9.17) is 5.73 Å². The minimum absolute atomic E-state index is 0.0888. The average molecular weight is 250 g/mol. The van der Waals surface area contributed by atoms with Crippen LogP contribution in [-0.4, -0.2) is 27.0 Å². The summed E-state index contributed by atoms with van der Waals surface area (Å²) in [5.41, 5.74) is 5.66. The van der Waals surface area contributed by atoms with E-state index >= 15 is 0 Å². The van der Waals surface area contributed by atoms with Gasteiger partial charge < -0.3 is 5.73 Å². The van der Waals surface area contributed by atoms with Crippen LogP contribution in [0.2, 0.25) is 0 Å². The molecular weight excluding hydrogens is 233 g/mol. The summed E-state index contributed by atoms with van der Waals surface area (Å²) in [5.74, 6) is 0.634. The fraction of sp³-hybridized carbons (Fsp3) is 0.800. The Hall–Kier alpha value is -1.11. The summed E-state index contributed by atoms with van der Waals surface area (Å²) in [6.07, 6.45) is -3.39. The molecule has 0 aliphatic rings. The normalized spacial score (nSPS) is 14.3. The molecule has 0 aliphatic carbocycles. The molecule has 0 saturated carbocycles. The van der Waals surface area contributed by atoms with E-state index in [9.17, 15) is 13.2 Å². The number of hydrogen-bond acceptors (Lipinski definition) is 3. The van der Waals surface area contributed by atoms with E-state index in [2.05, 4.69) is 10.1 Å². The first-order valence-corrected chi connectivity index (χ1v) is 5.50. The van der Waals surface area contributed by atoms with Crippen molar-refractivity contribution in [3.8, 4) is 0 Å². The molecule has 0 aromatic carbocycles. The highest BCUT2D eigenvalue weighted by molar-refractivity contribution is 4.90. The molecule has 1 unspecified atom stereocenters. The maximum Gasteiger partial charge on any atom is 0.389 e. The van der Waals surface area contributed by atoms with E-state index < -0.39 is 18.6 Å². The number of nitrogens with two attached hydrogens (primary N) is 1. The Morgan fingerprint density at radius 2 is 2.06 bits per heavy atom. The van der Waals surface area contributed by atoms with Crippen LogP contribution in [0.4, 0.5) is 13.2 Å². The lowest BCUT2D eigenvalue weighted by Crippen LogP contribution is -2.27. The third-order valence-corrected chi connectivity index (χ3v) is 2.38. The highest BCUT2D eigenvalue weighted by Gasteiger charge is 2.27. The second kappa shape index (κ2) is 5.48. The van der Waals surface area contributed by atoms with Gasteiger partial charge in [0.25, 0.3) is 0 Å². The number of rotatable bonds is 5. The Balaban J connectivity index is 2.50. The summed E-state index contributed by atoms with van der Waals surface area (Å²) in [7, 11) is 0. The van der Waals surface area contributed by atoms with Gasteiger partial charge in [0.15, 0.2) is 0 Å². The SMILES string of the molecule is CC(C)n1ncnc1CC(N)CCC(F)(F)F. The second-order valence-corrected chi connectivity index (χ2v) is 4.33. The van der Waals surface area contributed by atoms with Gasteiger partial charge in [0.2, 0.25) is 0 Å². The van der Waals surface area contributed by atoms with Crippen molar-refractivity contribution in [3.63, 3.8) is 0 Å². The molecule has 7 heteroatoms. The minimum atomic E-state index is -4.15. The van der Waals surface area contributed by atoms with Gasteiger partial charge in [0.05, 0.1) is 0 Å². The van der Waals surface area contributed by atoms with Crippen molar-refractivity contribution >= 4 is 0 Å². The van der Waals surface area contributed by atoms with Crippen LogP contribution >= 0.6 is 0 Å². The standard InChI is InChI=1S/C10H17F3N4/c1-7(2)17-9(15-6-16-17)5-8(14)3-4-10(11,12)13/h6-8H,3-5,14H2,1-2H3. The third-order valence-electron chi connectivity index (χ3n) is 2.38. The Morgan fingerprint density at radius 3 is 2.59 bits per heavy atom. The molecule has 0 saturated heterocycles. The number of nitrogens with zero attached hydrogens (tertiary/aromatic N) is 3. The van der Waals surface area contributed by atoms with E-state index in [1.807, 2.05) is 13.8 Å². The molecule has 0 amide bonds. The van der Waals surface area contributed by atoms with Gasteiger partial charge in [-0.25, -0.2) is 9.67 Å². The molecule has 1 rings (SSSR count). The fourth-order valence-corrected chi connectivity index (χ4v) is 1.54. The number of aromatic nitrogens is 3. The van der Waals surface area contributed by atoms with Gasteiger partial charge in [0, 0.05) is 24.9 Å². The van der Waals surface area contributed by atoms with Crippen LogP contribution in [0.1, 0.15) is 38.6 Å². The lowest BCUT2D eigenvalue weighted by Gasteiger charge is -2.14. The molecule has 98 valence electrons. The van der Waals surface area contributed by atoms with Crippen LogP contribution in [-0.2, 0) is 6.42 Å². The van der Waals surface area contributed by atoms with Gasteiger partial charge in [-0.2, -0.15) is 18.3 Å². The fourth-order valence-electron chi connectivity index (χ4n) is 1.54. The minimum Gasteiger partial charge on any atom is -0.327 e. The molecule has 4 nitrogen and oxygen atoms in total. The smallest absolute Gasteiger partial charge is 0.327 e. The largest absolute Gasteiger partial charge is 0.389 e. The Kier molecular flexibility index (Phi) is 4.50. The van der Waals surface area contributed by atoms with Crippen molar-refractivity contribution in [3.05, 3.63) is 12.2 Å². The molecule has 1 heterocycles. The zero-order valence-corrected chi connectivity index (χ0v) is 9.91. The van der Waals surface area contributed by atoms with E-state index in [0.717, 1.165) is 0 Å². The first-order valence-electron chi connectivity index (χ1n) is 5.50. The Labute approximate surface area is 98.0 Å². The second-order valence-electron chi connectivity index (χ2n) is 4.33. The van der Waals surface area contributed by atoms with Crippen molar-refractivity contribution in [2.24, 2.45) is 5.73 Å². The van der Waals surface area contributed by atoms with Crippen LogP contribution in [0.25, 0.3) is 0 Å². The van der Waals surface area contributed by atoms with E-state index in [0.29, 0.717) is 12.2 Å². The Morgan fingerprint density at radius 1 is 1.41 bits per heavy atom. The monoisotopic (exact) mass is 250 g/mol. The number of alkyl halides is 3. The van der Waals surface area contributed by atoms with Crippen LogP contribution in [0.15, 0.2) is 6.33 Å². The molecule has 2 N–H and O–H groups in total. The maximum atomic E-state index is 12.0.